The maximum absolute atomic E-state index is 11.7. The Kier molecular flexibility index (Phi) is 11.0. The van der Waals surface area contributed by atoms with E-state index in [1.54, 1.807) is 0 Å². The number of carbonyl (C=O) groups is 1. The smallest absolute Gasteiger partial charge is 0.342 e. The molecule has 26 heavy (non-hydrogen) atoms. The highest BCUT2D eigenvalue weighted by Gasteiger charge is 2.51. The van der Waals surface area contributed by atoms with Gasteiger partial charge < -0.3 is 14.9 Å². The largest absolute Gasteiger partial charge is 0.480 e. The van der Waals surface area contributed by atoms with Gasteiger partial charge in [-0.1, -0.05) is 41.9 Å². The molecule has 0 bridgehead atoms. The first-order valence-corrected chi connectivity index (χ1v) is 10.8. The molecule has 0 amide bonds. The fraction of sp³-hybridized carbons (Fsp3) is 0.650. The summed E-state index contributed by atoms with van der Waals surface area (Å²) in [6.07, 6.45) is 10.4. The van der Waals surface area contributed by atoms with Crippen molar-refractivity contribution in [2.24, 2.45) is 0 Å². The maximum Gasteiger partial charge on any atom is 0.342 e. The Morgan fingerprint density at radius 1 is 0.923 bits per heavy atom. The molecular formula is C20H35O5P. The van der Waals surface area contributed by atoms with Crippen molar-refractivity contribution in [3.63, 3.8) is 0 Å². The Labute approximate surface area is 158 Å². The number of aliphatic carboxylic acids is 1. The van der Waals surface area contributed by atoms with E-state index < -0.39 is 18.7 Å². The number of allylic oxidation sites excluding steroid dienone is 6. The van der Waals surface area contributed by atoms with E-state index in [1.165, 1.54) is 18.1 Å². The van der Waals surface area contributed by atoms with E-state index in [0.29, 0.717) is 6.42 Å². The molecule has 0 aliphatic carbocycles. The van der Waals surface area contributed by atoms with Crippen LogP contribution in [0.4, 0.5) is 0 Å². The summed E-state index contributed by atoms with van der Waals surface area (Å²) < 4.78 is 11.7. The number of carboxylic acid groups (broad SMARTS) is 1. The van der Waals surface area contributed by atoms with Gasteiger partial charge in [-0.25, -0.2) is 0 Å². The van der Waals surface area contributed by atoms with Gasteiger partial charge in [0.15, 0.2) is 5.16 Å². The van der Waals surface area contributed by atoms with Crippen molar-refractivity contribution >= 4 is 13.6 Å². The van der Waals surface area contributed by atoms with E-state index in [2.05, 4.69) is 32.9 Å². The van der Waals surface area contributed by atoms with Crippen LogP contribution >= 0.6 is 7.60 Å². The van der Waals surface area contributed by atoms with Crippen LogP contribution in [0.2, 0.25) is 0 Å². The average Bonchev–Trinajstić information content (AvgIpc) is 2.49. The van der Waals surface area contributed by atoms with Crippen LogP contribution in [0.3, 0.4) is 0 Å². The van der Waals surface area contributed by atoms with Crippen molar-refractivity contribution in [1.82, 2.24) is 0 Å². The Bertz CT molecular complexity index is 593. The molecule has 0 spiro atoms. The van der Waals surface area contributed by atoms with E-state index >= 15 is 0 Å². The first-order chi connectivity index (χ1) is 12.0. The molecule has 0 radical (unpaired) electrons. The van der Waals surface area contributed by atoms with Gasteiger partial charge in [0.2, 0.25) is 0 Å². The molecule has 0 fully saturated rings. The highest BCUT2D eigenvalue weighted by molar-refractivity contribution is 7.54. The third-order valence-corrected chi connectivity index (χ3v) is 6.56. The number of rotatable bonds is 12. The summed E-state index contributed by atoms with van der Waals surface area (Å²) in [6.45, 7) is 9.79. The Hall–Kier alpha value is -1.16. The first-order valence-electron chi connectivity index (χ1n) is 9.20. The summed E-state index contributed by atoms with van der Waals surface area (Å²) in [4.78, 5) is 30.4. The fourth-order valence-corrected chi connectivity index (χ4v) is 3.89. The Morgan fingerprint density at radius 3 is 1.77 bits per heavy atom. The van der Waals surface area contributed by atoms with Gasteiger partial charge in [-0.3, -0.25) is 9.36 Å². The third kappa shape index (κ3) is 8.48. The molecule has 150 valence electrons. The van der Waals surface area contributed by atoms with Gasteiger partial charge in [0.05, 0.1) is 0 Å². The van der Waals surface area contributed by atoms with Gasteiger partial charge in [0.1, 0.15) is 0 Å². The van der Waals surface area contributed by atoms with Gasteiger partial charge in [-0.15, -0.1) is 0 Å². The van der Waals surface area contributed by atoms with Crippen molar-refractivity contribution in [3.05, 3.63) is 34.9 Å². The molecule has 0 aromatic heterocycles. The SMILES string of the molecule is CCC(CCC=C(C)CCC=C(C)CCC=C(C)C)(C(=O)O)P(=O)(O)O. The topological polar surface area (TPSA) is 94.8 Å². The quantitative estimate of drug-likeness (QED) is 0.300. The molecule has 0 aromatic rings. The minimum atomic E-state index is -4.72. The van der Waals surface area contributed by atoms with Crippen LogP contribution in [-0.4, -0.2) is 26.0 Å². The summed E-state index contributed by atoms with van der Waals surface area (Å²) in [5.41, 5.74) is 3.79. The van der Waals surface area contributed by atoms with Crippen molar-refractivity contribution in [1.29, 1.82) is 0 Å². The third-order valence-electron chi connectivity index (χ3n) is 4.71. The highest BCUT2D eigenvalue weighted by atomic mass is 31.2. The molecule has 3 N–H and O–H groups in total. The monoisotopic (exact) mass is 386 g/mol. The van der Waals surface area contributed by atoms with Gasteiger partial charge in [-0.2, -0.15) is 0 Å². The van der Waals surface area contributed by atoms with Crippen LogP contribution in [0.15, 0.2) is 34.9 Å². The highest BCUT2D eigenvalue weighted by Crippen LogP contribution is 2.55. The van der Waals surface area contributed by atoms with E-state index in [1.807, 2.05) is 13.0 Å². The molecule has 0 aliphatic heterocycles. The zero-order valence-electron chi connectivity index (χ0n) is 16.8. The minimum Gasteiger partial charge on any atom is -0.480 e. The van der Waals surface area contributed by atoms with E-state index in [9.17, 15) is 24.3 Å². The molecule has 0 saturated carbocycles. The van der Waals surface area contributed by atoms with Crippen molar-refractivity contribution in [2.45, 2.75) is 84.7 Å². The minimum absolute atomic E-state index is 0.0575. The zero-order valence-corrected chi connectivity index (χ0v) is 17.7. The predicted molar refractivity (Wildman–Crippen MR) is 107 cm³/mol. The molecule has 0 saturated heterocycles. The van der Waals surface area contributed by atoms with Gasteiger partial charge >= 0.3 is 13.6 Å². The van der Waals surface area contributed by atoms with Crippen LogP contribution in [0, 0.1) is 0 Å². The lowest BCUT2D eigenvalue weighted by atomic mass is 9.97. The van der Waals surface area contributed by atoms with Gasteiger partial charge in [0.25, 0.3) is 0 Å². The summed E-state index contributed by atoms with van der Waals surface area (Å²) >= 11 is 0. The summed E-state index contributed by atoms with van der Waals surface area (Å²) in [5.74, 6) is -1.42. The first kappa shape index (κ1) is 24.8. The van der Waals surface area contributed by atoms with Crippen molar-refractivity contribution in [3.8, 4) is 0 Å². The van der Waals surface area contributed by atoms with Crippen LogP contribution in [-0.2, 0) is 9.36 Å². The normalized spacial score (nSPS) is 15.5. The molecule has 1 unspecified atom stereocenters. The molecule has 0 heterocycles. The average molecular weight is 386 g/mol. The zero-order chi connectivity index (χ0) is 20.4. The molecule has 1 atom stereocenters. The van der Waals surface area contributed by atoms with Crippen LogP contribution < -0.4 is 0 Å². The maximum atomic E-state index is 11.7. The lowest BCUT2D eigenvalue weighted by molar-refractivity contribution is -0.141. The Morgan fingerprint density at radius 2 is 1.38 bits per heavy atom. The predicted octanol–water partition coefficient (Wildman–Crippen LogP) is 5.60. The van der Waals surface area contributed by atoms with Crippen LogP contribution in [0.1, 0.15) is 79.6 Å². The second-order valence-corrected chi connectivity index (χ2v) is 9.18. The number of hydrogen-bond acceptors (Lipinski definition) is 2. The number of hydrogen-bond donors (Lipinski definition) is 3. The molecule has 6 heteroatoms. The Balaban J connectivity index is 4.59. The van der Waals surface area contributed by atoms with E-state index in [-0.39, 0.29) is 12.8 Å². The van der Waals surface area contributed by atoms with Crippen molar-refractivity contribution < 1.29 is 24.3 Å². The molecular weight excluding hydrogens is 351 g/mol. The van der Waals surface area contributed by atoms with E-state index in [4.69, 9.17) is 0 Å². The fourth-order valence-electron chi connectivity index (χ4n) is 2.81. The molecule has 0 rings (SSSR count). The van der Waals surface area contributed by atoms with Crippen LogP contribution in [0.5, 0.6) is 0 Å². The second kappa shape index (κ2) is 11.5. The lowest BCUT2D eigenvalue weighted by Crippen LogP contribution is -2.37. The lowest BCUT2D eigenvalue weighted by Gasteiger charge is -2.28. The standard InChI is InChI=1S/C20H35O5P/c1-6-20(19(21)22,26(23,24)25)15-9-14-18(5)13-8-12-17(4)11-7-10-16(2)3/h10,12,14H,6-9,11,13,15H2,1-5H3,(H,21,22)(H2,23,24,25). The van der Waals surface area contributed by atoms with Gasteiger partial charge in [-0.05, 0) is 72.6 Å². The summed E-state index contributed by atoms with van der Waals surface area (Å²) in [6, 6.07) is 0. The second-order valence-electron chi connectivity index (χ2n) is 7.23. The van der Waals surface area contributed by atoms with E-state index in [0.717, 1.165) is 31.3 Å². The molecule has 0 aromatic carbocycles. The van der Waals surface area contributed by atoms with Gasteiger partial charge in [0, 0.05) is 0 Å². The van der Waals surface area contributed by atoms with Crippen LogP contribution in [0.25, 0.3) is 0 Å². The number of carboxylic acids is 1. The van der Waals surface area contributed by atoms with Crippen molar-refractivity contribution in [2.75, 3.05) is 0 Å². The molecule has 0 aliphatic rings. The summed E-state index contributed by atoms with van der Waals surface area (Å²) in [7, 11) is -4.72. The summed E-state index contributed by atoms with van der Waals surface area (Å²) in [5, 5.41) is 7.33. The molecule has 5 nitrogen and oxygen atoms in total.